The second kappa shape index (κ2) is 8.26. The molecule has 1 aliphatic carbocycles. The number of sulfone groups is 1. The molecule has 1 fully saturated rings. The largest absolute Gasteiger partial charge is 0.490 e. The van der Waals surface area contributed by atoms with Gasteiger partial charge < -0.3 is 10.1 Å². The van der Waals surface area contributed by atoms with Crippen LogP contribution in [0.15, 0.2) is 41.3 Å². The number of nitrogens with one attached hydrogen (secondary N) is 1. The normalized spacial score (nSPS) is 25.6. The van der Waals surface area contributed by atoms with Gasteiger partial charge in [-0.2, -0.15) is 0 Å². The first-order valence-electron chi connectivity index (χ1n) is 9.80. The predicted octanol–water partition coefficient (Wildman–Crippen LogP) is 4.70. The Morgan fingerprint density at radius 2 is 1.81 bits per heavy atom. The fourth-order valence-corrected chi connectivity index (χ4v) is 7.27. The third kappa shape index (κ3) is 3.70. The molecule has 31 heavy (non-hydrogen) atoms. The van der Waals surface area contributed by atoms with Crippen LogP contribution in [0.1, 0.15) is 24.8 Å². The van der Waals surface area contributed by atoms with E-state index in [1.165, 1.54) is 24.3 Å². The third-order valence-electron chi connectivity index (χ3n) is 6.17. The van der Waals surface area contributed by atoms with Gasteiger partial charge in [-0.3, -0.25) is 0 Å². The molecule has 0 bridgehead atoms. The molecule has 10 heteroatoms. The van der Waals surface area contributed by atoms with Crippen LogP contribution in [0.25, 0.3) is 0 Å². The SMILES string of the molecule is O=S(=O)(c1ccc(Cl)cc1)[C@@]12CC[C@@H](NCC(F)F)C[C@@H]1COc1c(F)ccc(F)c12. The monoisotopic (exact) mass is 477 g/mol. The molecule has 3 atom stereocenters. The van der Waals surface area contributed by atoms with Crippen molar-refractivity contribution in [3.8, 4) is 5.75 Å². The topological polar surface area (TPSA) is 55.4 Å². The van der Waals surface area contributed by atoms with E-state index in [1.807, 2.05) is 0 Å². The Hall–Kier alpha value is -1.84. The van der Waals surface area contributed by atoms with Gasteiger partial charge in [-0.25, -0.2) is 26.0 Å². The van der Waals surface area contributed by atoms with E-state index < -0.39 is 56.9 Å². The lowest BCUT2D eigenvalue weighted by atomic mass is 9.71. The number of rotatable bonds is 5. The Morgan fingerprint density at radius 1 is 1.13 bits per heavy atom. The molecule has 4 rings (SSSR count). The molecule has 2 aromatic rings. The number of hydrogen-bond donors (Lipinski definition) is 1. The van der Waals surface area contributed by atoms with Crippen molar-refractivity contribution in [2.75, 3.05) is 13.2 Å². The van der Waals surface area contributed by atoms with Crippen molar-refractivity contribution in [2.24, 2.45) is 5.92 Å². The highest BCUT2D eigenvalue weighted by Crippen LogP contribution is 2.56. The summed E-state index contributed by atoms with van der Waals surface area (Å²) in [7, 11) is -4.23. The summed E-state index contributed by atoms with van der Waals surface area (Å²) in [6.45, 7) is -0.707. The van der Waals surface area contributed by atoms with Crippen LogP contribution < -0.4 is 10.1 Å². The minimum atomic E-state index is -4.23. The second-order valence-electron chi connectivity index (χ2n) is 7.86. The van der Waals surface area contributed by atoms with E-state index >= 15 is 4.39 Å². The molecule has 4 nitrogen and oxygen atoms in total. The van der Waals surface area contributed by atoms with Crippen LogP contribution in [0.5, 0.6) is 5.75 Å². The van der Waals surface area contributed by atoms with E-state index in [0.29, 0.717) is 5.02 Å². The quantitative estimate of drug-likeness (QED) is 0.634. The average molecular weight is 478 g/mol. The van der Waals surface area contributed by atoms with Gasteiger partial charge in [-0.05, 0) is 55.7 Å². The van der Waals surface area contributed by atoms with E-state index in [2.05, 4.69) is 5.32 Å². The number of benzene rings is 2. The van der Waals surface area contributed by atoms with Crippen molar-refractivity contribution >= 4 is 21.4 Å². The summed E-state index contributed by atoms with van der Waals surface area (Å²) in [5.41, 5.74) is -0.328. The van der Waals surface area contributed by atoms with Crippen LogP contribution in [0.4, 0.5) is 17.6 Å². The summed E-state index contributed by atoms with van der Waals surface area (Å²) in [5.74, 6) is -2.90. The molecule has 168 valence electrons. The first kappa shape index (κ1) is 22.4. The number of alkyl halides is 2. The second-order valence-corrected chi connectivity index (χ2v) is 10.5. The first-order chi connectivity index (χ1) is 14.7. The van der Waals surface area contributed by atoms with Gasteiger partial charge >= 0.3 is 0 Å². The van der Waals surface area contributed by atoms with Gasteiger partial charge in [0.25, 0.3) is 6.43 Å². The summed E-state index contributed by atoms with van der Waals surface area (Å²) in [6, 6.07) is 6.88. The van der Waals surface area contributed by atoms with Gasteiger partial charge in [0.05, 0.1) is 23.6 Å². The molecule has 0 amide bonds. The van der Waals surface area contributed by atoms with Gasteiger partial charge in [-0.1, -0.05) is 11.6 Å². The first-order valence-corrected chi connectivity index (χ1v) is 11.7. The molecule has 0 saturated heterocycles. The van der Waals surface area contributed by atoms with E-state index in [-0.39, 0.29) is 36.3 Å². The molecule has 1 aliphatic heterocycles. The summed E-state index contributed by atoms with van der Waals surface area (Å²) in [6.07, 6.45) is -2.26. The van der Waals surface area contributed by atoms with Crippen LogP contribution in [-0.4, -0.2) is 34.0 Å². The number of ether oxygens (including phenoxy) is 1. The molecule has 1 heterocycles. The van der Waals surface area contributed by atoms with Crippen molar-refractivity contribution in [3.63, 3.8) is 0 Å². The van der Waals surface area contributed by atoms with Gasteiger partial charge in [0, 0.05) is 17.0 Å². The van der Waals surface area contributed by atoms with Gasteiger partial charge in [0.1, 0.15) is 10.6 Å². The van der Waals surface area contributed by atoms with Gasteiger partial charge in [-0.15, -0.1) is 0 Å². The molecule has 2 aromatic carbocycles. The lowest BCUT2D eigenvalue weighted by Gasteiger charge is -2.49. The average Bonchev–Trinajstić information content (AvgIpc) is 2.74. The number of fused-ring (bicyclic) bond motifs is 3. The van der Waals surface area contributed by atoms with E-state index in [9.17, 15) is 21.6 Å². The zero-order valence-electron chi connectivity index (χ0n) is 16.3. The molecule has 0 aromatic heterocycles. The zero-order chi connectivity index (χ0) is 22.4. The molecule has 1 saturated carbocycles. The Bertz CT molecular complexity index is 1080. The minimum Gasteiger partial charge on any atom is -0.490 e. The Labute approximate surface area is 182 Å². The highest BCUT2D eigenvalue weighted by atomic mass is 35.5. The molecular weight excluding hydrogens is 458 g/mol. The van der Waals surface area contributed by atoms with Crippen molar-refractivity contribution in [1.82, 2.24) is 5.32 Å². The maximum absolute atomic E-state index is 15.1. The Kier molecular flexibility index (Phi) is 5.95. The minimum absolute atomic E-state index is 0.0692. The molecule has 2 aliphatic rings. The van der Waals surface area contributed by atoms with Crippen LogP contribution in [-0.2, 0) is 14.6 Å². The standard InChI is InChI=1S/C21H20ClF4NO3S/c22-13-1-3-15(4-2-13)31(28,29)21-8-7-14(27-10-18(25)26)9-12(21)11-30-20-17(24)6-5-16(23)19(20)21/h1-6,12,14,18,27H,7-11H2/t12-,14-,21+/m1/s1. The number of hydrogen-bond acceptors (Lipinski definition) is 4. The third-order valence-corrected chi connectivity index (χ3v) is 9.01. The van der Waals surface area contributed by atoms with Crippen LogP contribution in [0, 0.1) is 17.6 Å². The summed E-state index contributed by atoms with van der Waals surface area (Å²) >= 11 is 5.90. The van der Waals surface area contributed by atoms with Crippen LogP contribution in [0.2, 0.25) is 5.02 Å². The fourth-order valence-electron chi connectivity index (χ4n) is 4.78. The van der Waals surface area contributed by atoms with Crippen molar-refractivity contribution in [1.29, 1.82) is 0 Å². The highest BCUT2D eigenvalue weighted by molar-refractivity contribution is 7.92. The smallest absolute Gasteiger partial charge is 0.250 e. The molecule has 0 spiro atoms. The van der Waals surface area contributed by atoms with Crippen molar-refractivity contribution in [2.45, 2.75) is 41.4 Å². The molecular formula is C21H20ClF4NO3S. The van der Waals surface area contributed by atoms with Gasteiger partial charge in [0.15, 0.2) is 21.4 Å². The van der Waals surface area contributed by atoms with Gasteiger partial charge in [0.2, 0.25) is 0 Å². The Balaban J connectivity index is 1.86. The molecule has 0 unspecified atom stereocenters. The summed E-state index contributed by atoms with van der Waals surface area (Å²) < 4.78 is 86.4. The number of halogens is 5. The fraction of sp³-hybridized carbons (Fsp3) is 0.429. The maximum Gasteiger partial charge on any atom is 0.250 e. The van der Waals surface area contributed by atoms with Crippen LogP contribution in [0.3, 0.4) is 0 Å². The Morgan fingerprint density at radius 3 is 2.48 bits per heavy atom. The van der Waals surface area contributed by atoms with Crippen LogP contribution >= 0.6 is 11.6 Å². The van der Waals surface area contributed by atoms with E-state index in [0.717, 1.165) is 12.1 Å². The lowest BCUT2D eigenvalue weighted by Crippen LogP contribution is -2.55. The van der Waals surface area contributed by atoms with E-state index in [4.69, 9.17) is 16.3 Å². The molecule has 0 radical (unpaired) electrons. The summed E-state index contributed by atoms with van der Waals surface area (Å²) in [5, 5.41) is 3.07. The van der Waals surface area contributed by atoms with Crippen molar-refractivity contribution < 1.29 is 30.7 Å². The maximum atomic E-state index is 15.1. The predicted molar refractivity (Wildman–Crippen MR) is 107 cm³/mol. The highest BCUT2D eigenvalue weighted by Gasteiger charge is 2.59. The van der Waals surface area contributed by atoms with Crippen molar-refractivity contribution in [3.05, 3.63) is 58.6 Å². The molecule has 1 N–H and O–H groups in total. The summed E-state index contributed by atoms with van der Waals surface area (Å²) in [4.78, 5) is -0.0719. The lowest BCUT2D eigenvalue weighted by molar-refractivity contribution is 0.0951. The van der Waals surface area contributed by atoms with E-state index in [1.54, 1.807) is 0 Å². The zero-order valence-corrected chi connectivity index (χ0v) is 17.8.